The Morgan fingerprint density at radius 2 is 2.00 bits per heavy atom. The highest BCUT2D eigenvalue weighted by Crippen LogP contribution is 2.35. The van der Waals surface area contributed by atoms with Crippen molar-refractivity contribution in [2.45, 2.75) is 44.8 Å². The van der Waals surface area contributed by atoms with Crippen LogP contribution in [0.25, 0.3) is 0 Å². The van der Waals surface area contributed by atoms with E-state index in [9.17, 15) is 9.59 Å². The van der Waals surface area contributed by atoms with E-state index in [-0.39, 0.29) is 17.7 Å². The van der Waals surface area contributed by atoms with Gasteiger partial charge >= 0.3 is 0 Å². The molecular formula is C21H29N3O3. The minimum atomic E-state index is -0.520. The lowest BCUT2D eigenvalue weighted by Gasteiger charge is -2.44. The van der Waals surface area contributed by atoms with Gasteiger partial charge in [-0.2, -0.15) is 0 Å². The van der Waals surface area contributed by atoms with Crippen molar-refractivity contribution in [2.75, 3.05) is 32.7 Å². The Morgan fingerprint density at radius 1 is 1.19 bits per heavy atom. The van der Waals surface area contributed by atoms with Crippen molar-refractivity contribution in [3.63, 3.8) is 0 Å². The molecule has 0 saturated carbocycles. The van der Waals surface area contributed by atoms with Crippen molar-refractivity contribution < 1.29 is 14.3 Å². The summed E-state index contributed by atoms with van der Waals surface area (Å²) in [6.07, 6.45) is 3.77. The van der Waals surface area contributed by atoms with Crippen LogP contribution in [0.15, 0.2) is 24.3 Å². The smallest absolute Gasteiger partial charge is 0.227 e. The third kappa shape index (κ3) is 3.81. The molecule has 3 heterocycles. The second-order valence-electron chi connectivity index (χ2n) is 8.17. The van der Waals surface area contributed by atoms with E-state index in [4.69, 9.17) is 4.74 Å². The molecule has 146 valence electrons. The third-order valence-corrected chi connectivity index (χ3v) is 6.08. The summed E-state index contributed by atoms with van der Waals surface area (Å²) in [6.45, 7) is 5.81. The molecule has 1 aromatic carbocycles. The van der Waals surface area contributed by atoms with Gasteiger partial charge in [-0.1, -0.05) is 18.2 Å². The van der Waals surface area contributed by atoms with E-state index in [0.717, 1.165) is 56.6 Å². The van der Waals surface area contributed by atoms with Crippen LogP contribution in [0.3, 0.4) is 0 Å². The maximum atomic E-state index is 13.1. The van der Waals surface area contributed by atoms with Crippen molar-refractivity contribution in [3.8, 4) is 5.75 Å². The molecule has 0 radical (unpaired) electrons. The number of likely N-dealkylation sites (tertiary alicyclic amines) is 1. The normalized spacial score (nSPS) is 28.3. The second kappa shape index (κ2) is 7.50. The minimum Gasteiger partial charge on any atom is -0.483 e. The molecule has 2 atom stereocenters. The Bertz CT molecular complexity index is 716. The van der Waals surface area contributed by atoms with Crippen molar-refractivity contribution in [3.05, 3.63) is 29.8 Å². The van der Waals surface area contributed by atoms with Crippen LogP contribution < -0.4 is 10.1 Å². The zero-order chi connectivity index (χ0) is 18.9. The van der Waals surface area contributed by atoms with Gasteiger partial charge in [-0.3, -0.25) is 9.59 Å². The van der Waals surface area contributed by atoms with E-state index in [2.05, 4.69) is 5.32 Å². The highest BCUT2D eigenvalue weighted by atomic mass is 16.5. The van der Waals surface area contributed by atoms with E-state index in [1.807, 2.05) is 34.1 Å². The van der Waals surface area contributed by atoms with E-state index in [1.54, 1.807) is 6.92 Å². The fourth-order valence-corrected chi connectivity index (χ4v) is 4.65. The predicted octanol–water partition coefficient (Wildman–Crippen LogP) is 1.79. The summed E-state index contributed by atoms with van der Waals surface area (Å²) in [7, 11) is 0. The number of carbonyl (C=O) groups is 2. The van der Waals surface area contributed by atoms with Crippen molar-refractivity contribution in [1.82, 2.24) is 15.1 Å². The van der Waals surface area contributed by atoms with Crippen LogP contribution in [0.5, 0.6) is 5.75 Å². The van der Waals surface area contributed by atoms with Gasteiger partial charge in [0.2, 0.25) is 11.8 Å². The predicted molar refractivity (Wildman–Crippen MR) is 102 cm³/mol. The monoisotopic (exact) mass is 371 g/mol. The van der Waals surface area contributed by atoms with Gasteiger partial charge in [0, 0.05) is 32.1 Å². The molecule has 3 aliphatic heterocycles. The summed E-state index contributed by atoms with van der Waals surface area (Å²) < 4.78 is 6.53. The number of ether oxygens (including phenoxy) is 1. The van der Waals surface area contributed by atoms with Crippen molar-refractivity contribution in [1.29, 1.82) is 0 Å². The Hall–Kier alpha value is -2.08. The molecule has 1 spiro atoms. The molecule has 2 amide bonds. The van der Waals surface area contributed by atoms with Crippen LogP contribution in [-0.2, 0) is 16.1 Å². The van der Waals surface area contributed by atoms with Crippen LogP contribution in [0.1, 0.15) is 38.2 Å². The number of carbonyl (C=O) groups excluding carboxylic acids is 2. The zero-order valence-corrected chi connectivity index (χ0v) is 16.1. The summed E-state index contributed by atoms with van der Waals surface area (Å²) in [6, 6.07) is 7.94. The molecule has 1 N–H and O–H groups in total. The molecule has 0 bridgehead atoms. The summed E-state index contributed by atoms with van der Waals surface area (Å²) in [5.74, 6) is 1.19. The molecule has 2 saturated heterocycles. The van der Waals surface area contributed by atoms with Gasteiger partial charge in [0.15, 0.2) is 0 Å². The molecule has 0 unspecified atom stereocenters. The van der Waals surface area contributed by atoms with Gasteiger partial charge in [-0.05, 0) is 38.3 Å². The van der Waals surface area contributed by atoms with Gasteiger partial charge in [0.05, 0.1) is 19.0 Å². The maximum absolute atomic E-state index is 13.1. The number of para-hydroxylation sites is 1. The SMILES string of the molecule is CC(=O)N1Cc2ccccc2O[C@]2(CCCN(C(=O)[C@@H]3CCCNC3)C2)C1. The van der Waals surface area contributed by atoms with Gasteiger partial charge in [-0.25, -0.2) is 0 Å². The first-order chi connectivity index (χ1) is 13.1. The summed E-state index contributed by atoms with van der Waals surface area (Å²) in [5, 5.41) is 3.34. The molecule has 0 aliphatic carbocycles. The summed E-state index contributed by atoms with van der Waals surface area (Å²) in [4.78, 5) is 29.2. The molecule has 6 heteroatoms. The Morgan fingerprint density at radius 3 is 2.78 bits per heavy atom. The van der Waals surface area contributed by atoms with Gasteiger partial charge in [0.25, 0.3) is 0 Å². The average Bonchev–Trinajstić information content (AvgIpc) is 2.84. The zero-order valence-electron chi connectivity index (χ0n) is 16.1. The number of nitrogens with one attached hydrogen (secondary N) is 1. The Kier molecular flexibility index (Phi) is 5.08. The number of piperidine rings is 2. The highest BCUT2D eigenvalue weighted by Gasteiger charge is 2.44. The first-order valence-corrected chi connectivity index (χ1v) is 10.1. The number of rotatable bonds is 1. The van der Waals surface area contributed by atoms with Gasteiger partial charge in [0.1, 0.15) is 11.4 Å². The lowest BCUT2D eigenvalue weighted by molar-refractivity contribution is -0.144. The molecule has 2 fully saturated rings. The number of amides is 2. The standard InChI is InChI=1S/C21H29N3O3/c1-16(25)24-13-18-6-2-3-8-19(18)27-21(15-24)9-5-11-23(14-21)20(26)17-7-4-10-22-12-17/h2-3,6,8,17,22H,4-5,7,9-15H2,1H3/t17-,21+/m1/s1. The molecule has 0 aromatic heterocycles. The molecule has 27 heavy (non-hydrogen) atoms. The third-order valence-electron chi connectivity index (χ3n) is 6.08. The molecule has 4 rings (SSSR count). The van der Waals surface area contributed by atoms with Gasteiger partial charge < -0.3 is 19.9 Å². The van der Waals surface area contributed by atoms with Crippen LogP contribution in [0.4, 0.5) is 0 Å². The van der Waals surface area contributed by atoms with Crippen molar-refractivity contribution in [2.24, 2.45) is 5.92 Å². The molecular weight excluding hydrogens is 342 g/mol. The minimum absolute atomic E-state index is 0.0506. The van der Waals surface area contributed by atoms with E-state index in [0.29, 0.717) is 19.6 Å². The number of hydrogen-bond acceptors (Lipinski definition) is 4. The largest absolute Gasteiger partial charge is 0.483 e. The molecule has 3 aliphatic rings. The van der Waals surface area contributed by atoms with E-state index < -0.39 is 5.60 Å². The second-order valence-corrected chi connectivity index (χ2v) is 8.17. The van der Waals surface area contributed by atoms with Crippen LogP contribution >= 0.6 is 0 Å². The van der Waals surface area contributed by atoms with Crippen molar-refractivity contribution >= 4 is 11.8 Å². The average molecular weight is 371 g/mol. The first-order valence-electron chi connectivity index (χ1n) is 10.1. The topological polar surface area (TPSA) is 61.9 Å². The van der Waals surface area contributed by atoms with Crippen LogP contribution in [-0.4, -0.2) is 59.9 Å². The first kappa shape index (κ1) is 18.3. The Labute approximate surface area is 160 Å². The number of fused-ring (bicyclic) bond motifs is 1. The van der Waals surface area contributed by atoms with E-state index >= 15 is 0 Å². The highest BCUT2D eigenvalue weighted by molar-refractivity contribution is 5.79. The summed E-state index contributed by atoms with van der Waals surface area (Å²) in [5.41, 5.74) is 0.512. The van der Waals surface area contributed by atoms with Gasteiger partial charge in [-0.15, -0.1) is 0 Å². The quantitative estimate of drug-likeness (QED) is 0.818. The fourth-order valence-electron chi connectivity index (χ4n) is 4.65. The Balaban J connectivity index is 1.58. The van der Waals surface area contributed by atoms with Crippen LogP contribution in [0.2, 0.25) is 0 Å². The fraction of sp³-hybridized carbons (Fsp3) is 0.619. The number of hydrogen-bond donors (Lipinski definition) is 1. The van der Waals surface area contributed by atoms with E-state index in [1.165, 1.54) is 0 Å². The lowest BCUT2D eigenvalue weighted by atomic mass is 9.89. The molecule has 1 aromatic rings. The van der Waals surface area contributed by atoms with Crippen LogP contribution in [0, 0.1) is 5.92 Å². The number of nitrogens with zero attached hydrogens (tertiary/aromatic N) is 2. The summed E-state index contributed by atoms with van der Waals surface area (Å²) >= 11 is 0. The maximum Gasteiger partial charge on any atom is 0.227 e. The lowest BCUT2D eigenvalue weighted by Crippen LogP contribution is -2.59. The number of benzene rings is 1. The molecule has 6 nitrogen and oxygen atoms in total.